The molecule has 0 radical (unpaired) electrons. The summed E-state index contributed by atoms with van der Waals surface area (Å²) in [5, 5.41) is 4.47. The fourth-order valence-corrected chi connectivity index (χ4v) is 4.50. The first-order chi connectivity index (χ1) is 10.9. The number of thiophene rings is 1. The zero-order valence-electron chi connectivity index (χ0n) is 14.3. The van der Waals surface area contributed by atoms with Gasteiger partial charge in [-0.3, -0.25) is 4.79 Å². The van der Waals surface area contributed by atoms with Gasteiger partial charge in [0.15, 0.2) is 0 Å². The number of likely N-dealkylation sites (tertiary alicyclic amines) is 1. The standard InChI is InChI=1S/C17H23N3O2S/c1-10-9-13(12(3)23-10)16(21)20-8-6-7-14(20)15-11(2)18-19(4)17(15)22-5/h9,14H,6-8H2,1-5H3. The van der Waals surface area contributed by atoms with Crippen LogP contribution in [0, 0.1) is 20.8 Å². The molecule has 2 aromatic heterocycles. The molecule has 0 bridgehead atoms. The van der Waals surface area contributed by atoms with Crippen LogP contribution in [0.1, 0.15) is 50.3 Å². The van der Waals surface area contributed by atoms with E-state index in [0.717, 1.165) is 47.0 Å². The molecule has 0 N–H and O–H groups in total. The first-order valence-electron chi connectivity index (χ1n) is 7.89. The predicted octanol–water partition coefficient (Wildman–Crippen LogP) is 3.39. The Bertz CT molecular complexity index is 747. The number of carbonyl (C=O) groups is 1. The zero-order chi connectivity index (χ0) is 16.7. The van der Waals surface area contributed by atoms with E-state index >= 15 is 0 Å². The highest BCUT2D eigenvalue weighted by atomic mass is 32.1. The molecule has 1 aliphatic heterocycles. The van der Waals surface area contributed by atoms with Gasteiger partial charge in [0.1, 0.15) is 0 Å². The zero-order valence-corrected chi connectivity index (χ0v) is 15.2. The number of amides is 1. The Hall–Kier alpha value is -1.82. The summed E-state index contributed by atoms with van der Waals surface area (Å²) < 4.78 is 7.29. The topological polar surface area (TPSA) is 47.4 Å². The van der Waals surface area contributed by atoms with E-state index in [2.05, 4.69) is 5.10 Å². The van der Waals surface area contributed by atoms with E-state index in [0.29, 0.717) is 0 Å². The van der Waals surface area contributed by atoms with Crippen molar-refractivity contribution in [3.05, 3.63) is 32.6 Å². The molecule has 1 fully saturated rings. The van der Waals surface area contributed by atoms with Crippen LogP contribution in [0.3, 0.4) is 0 Å². The molecule has 1 amide bonds. The van der Waals surface area contributed by atoms with E-state index in [9.17, 15) is 4.79 Å². The first-order valence-corrected chi connectivity index (χ1v) is 8.71. The second-order valence-electron chi connectivity index (χ2n) is 6.12. The van der Waals surface area contributed by atoms with Crippen molar-refractivity contribution in [3.63, 3.8) is 0 Å². The average molecular weight is 333 g/mol. The van der Waals surface area contributed by atoms with Crippen molar-refractivity contribution in [1.82, 2.24) is 14.7 Å². The van der Waals surface area contributed by atoms with Gasteiger partial charge in [-0.15, -0.1) is 11.3 Å². The van der Waals surface area contributed by atoms with Crippen LogP contribution < -0.4 is 4.74 Å². The lowest BCUT2D eigenvalue weighted by Gasteiger charge is -2.25. The van der Waals surface area contributed by atoms with Gasteiger partial charge in [-0.1, -0.05) is 0 Å². The molecule has 0 saturated carbocycles. The number of hydrogen-bond acceptors (Lipinski definition) is 4. The lowest BCUT2D eigenvalue weighted by Crippen LogP contribution is -2.31. The maximum Gasteiger partial charge on any atom is 0.255 e. The number of ether oxygens (including phenoxy) is 1. The SMILES string of the molecule is COc1c(C2CCCN2C(=O)c2cc(C)sc2C)c(C)nn1C. The Morgan fingerprint density at radius 1 is 1.39 bits per heavy atom. The van der Waals surface area contributed by atoms with Gasteiger partial charge < -0.3 is 9.64 Å². The minimum absolute atomic E-state index is 0.0470. The molecular weight excluding hydrogens is 310 g/mol. The number of rotatable bonds is 3. The molecule has 1 unspecified atom stereocenters. The molecule has 0 aromatic carbocycles. The van der Waals surface area contributed by atoms with Crippen molar-refractivity contribution < 1.29 is 9.53 Å². The van der Waals surface area contributed by atoms with Crippen LogP contribution >= 0.6 is 11.3 Å². The highest BCUT2D eigenvalue weighted by Crippen LogP contribution is 2.40. The summed E-state index contributed by atoms with van der Waals surface area (Å²) in [6.45, 7) is 6.84. The van der Waals surface area contributed by atoms with Gasteiger partial charge in [0.2, 0.25) is 5.88 Å². The van der Waals surface area contributed by atoms with Gasteiger partial charge in [0, 0.05) is 23.3 Å². The van der Waals surface area contributed by atoms with Crippen molar-refractivity contribution in [3.8, 4) is 5.88 Å². The van der Waals surface area contributed by atoms with Crippen molar-refractivity contribution in [2.45, 2.75) is 39.7 Å². The van der Waals surface area contributed by atoms with E-state index in [-0.39, 0.29) is 11.9 Å². The maximum atomic E-state index is 13.0. The number of methoxy groups -OCH3 is 1. The van der Waals surface area contributed by atoms with E-state index in [1.807, 2.05) is 38.8 Å². The fraction of sp³-hybridized carbons (Fsp3) is 0.529. The van der Waals surface area contributed by atoms with Crippen LogP contribution in [-0.4, -0.2) is 34.2 Å². The van der Waals surface area contributed by atoms with Gasteiger partial charge in [0.25, 0.3) is 5.91 Å². The molecule has 3 heterocycles. The minimum atomic E-state index is 0.0470. The molecule has 2 aromatic rings. The molecular formula is C17H23N3O2S. The Balaban J connectivity index is 1.98. The van der Waals surface area contributed by atoms with Crippen LogP contribution in [0.15, 0.2) is 6.07 Å². The van der Waals surface area contributed by atoms with Gasteiger partial charge >= 0.3 is 0 Å². The van der Waals surface area contributed by atoms with Crippen molar-refractivity contribution in [2.24, 2.45) is 7.05 Å². The highest BCUT2D eigenvalue weighted by molar-refractivity contribution is 7.12. The highest BCUT2D eigenvalue weighted by Gasteiger charge is 2.36. The maximum absolute atomic E-state index is 13.0. The van der Waals surface area contributed by atoms with Gasteiger partial charge in [-0.2, -0.15) is 5.10 Å². The molecule has 3 rings (SSSR count). The second kappa shape index (κ2) is 6.00. The molecule has 124 valence electrons. The summed E-state index contributed by atoms with van der Waals surface area (Å²) >= 11 is 1.68. The van der Waals surface area contributed by atoms with Crippen LogP contribution in [0.5, 0.6) is 5.88 Å². The van der Waals surface area contributed by atoms with Crippen LogP contribution in [-0.2, 0) is 7.05 Å². The van der Waals surface area contributed by atoms with E-state index in [4.69, 9.17) is 4.74 Å². The van der Waals surface area contributed by atoms with Crippen LogP contribution in [0.2, 0.25) is 0 Å². The van der Waals surface area contributed by atoms with E-state index in [1.165, 1.54) is 4.88 Å². The Morgan fingerprint density at radius 2 is 2.13 bits per heavy atom. The summed E-state index contributed by atoms with van der Waals surface area (Å²) in [4.78, 5) is 17.3. The normalized spacial score (nSPS) is 17.8. The quantitative estimate of drug-likeness (QED) is 0.865. The van der Waals surface area contributed by atoms with Crippen molar-refractivity contribution in [2.75, 3.05) is 13.7 Å². The molecule has 23 heavy (non-hydrogen) atoms. The third-order valence-corrected chi connectivity index (χ3v) is 5.49. The fourth-order valence-electron chi connectivity index (χ4n) is 3.59. The molecule has 0 spiro atoms. The minimum Gasteiger partial charge on any atom is -0.481 e. The van der Waals surface area contributed by atoms with Gasteiger partial charge in [-0.05, 0) is 39.7 Å². The Labute approximate surface area is 140 Å². The van der Waals surface area contributed by atoms with E-state index in [1.54, 1.807) is 23.1 Å². The van der Waals surface area contributed by atoms with Gasteiger partial charge in [0.05, 0.1) is 30.0 Å². The number of nitrogens with zero attached hydrogens (tertiary/aromatic N) is 3. The number of hydrogen-bond donors (Lipinski definition) is 0. The van der Waals surface area contributed by atoms with Crippen molar-refractivity contribution >= 4 is 17.2 Å². The smallest absolute Gasteiger partial charge is 0.255 e. The Morgan fingerprint density at radius 3 is 2.74 bits per heavy atom. The molecule has 1 atom stereocenters. The predicted molar refractivity (Wildman–Crippen MR) is 91.3 cm³/mol. The lowest BCUT2D eigenvalue weighted by molar-refractivity contribution is 0.0733. The average Bonchev–Trinajstić information content (AvgIpc) is 3.15. The molecule has 1 aliphatic rings. The summed E-state index contributed by atoms with van der Waals surface area (Å²) in [6, 6.07) is 2.05. The van der Waals surface area contributed by atoms with Crippen molar-refractivity contribution in [1.29, 1.82) is 0 Å². The largest absolute Gasteiger partial charge is 0.481 e. The number of aromatic nitrogens is 2. The molecule has 5 nitrogen and oxygen atoms in total. The summed E-state index contributed by atoms with van der Waals surface area (Å²) in [6.07, 6.45) is 1.97. The molecule has 6 heteroatoms. The van der Waals surface area contributed by atoms with Crippen LogP contribution in [0.25, 0.3) is 0 Å². The molecule has 1 saturated heterocycles. The summed E-state index contributed by atoms with van der Waals surface area (Å²) in [7, 11) is 3.54. The van der Waals surface area contributed by atoms with E-state index < -0.39 is 0 Å². The third kappa shape index (κ3) is 2.65. The monoisotopic (exact) mass is 333 g/mol. The van der Waals surface area contributed by atoms with Gasteiger partial charge in [-0.25, -0.2) is 4.68 Å². The lowest BCUT2D eigenvalue weighted by atomic mass is 10.0. The summed E-state index contributed by atoms with van der Waals surface area (Å²) in [5.41, 5.74) is 2.82. The number of aryl methyl sites for hydroxylation is 4. The Kier molecular flexibility index (Phi) is 4.19. The number of carbonyl (C=O) groups excluding carboxylic acids is 1. The second-order valence-corrected chi connectivity index (χ2v) is 7.58. The van der Waals surface area contributed by atoms with Crippen LogP contribution in [0.4, 0.5) is 0 Å². The summed E-state index contributed by atoms with van der Waals surface area (Å²) in [5.74, 6) is 0.880. The third-order valence-electron chi connectivity index (χ3n) is 4.53. The first kappa shape index (κ1) is 16.1. The molecule has 0 aliphatic carbocycles.